The molecule has 0 fully saturated rings. The second-order valence-electron chi connectivity index (χ2n) is 0.916. The molecule has 0 aromatic carbocycles. The number of hydrogen-bond acceptors (Lipinski definition) is 4. The van der Waals surface area contributed by atoms with E-state index in [4.69, 9.17) is 17.8 Å². The number of rotatable bonds is 2. The van der Waals surface area contributed by atoms with Crippen molar-refractivity contribution in [2.24, 2.45) is 6.43 Å². The van der Waals surface area contributed by atoms with E-state index >= 15 is 0 Å². The standard InChI is InChI=1S/2CNS.2ClH.Sn/c2*2-1-3;;;/h;;2*1H;/q2*-1;;;+4/p-2. The van der Waals surface area contributed by atoms with Crippen molar-refractivity contribution in [2.45, 2.75) is 0 Å². The monoisotopic (exact) mass is 306 g/mol. The van der Waals surface area contributed by atoms with Crippen LogP contribution in [0.15, 0.2) is 6.43 Å². The van der Waals surface area contributed by atoms with Gasteiger partial charge in [-0.05, 0) is 0 Å². The molecule has 9 heavy (non-hydrogen) atoms. The van der Waals surface area contributed by atoms with Gasteiger partial charge < -0.3 is 0 Å². The molecule has 0 atom stereocenters. The Labute approximate surface area is 75.0 Å². The summed E-state index contributed by atoms with van der Waals surface area (Å²) in [6.45, 7) is 0. The van der Waals surface area contributed by atoms with Gasteiger partial charge in [0.05, 0.1) is 0 Å². The first-order chi connectivity index (χ1) is 4.12. The molecular weight excluding hydrogens is 306 g/mol. The fourth-order valence-electron chi connectivity index (χ4n) is 0.135. The molecule has 0 radical (unpaired) electrons. The molecule has 0 heterocycles. The SMILES string of the molecule is S=C=[N][Sn]([Cl])([Cl])[N]=C=S. The molecular formula is C2Cl2N2S2Sn. The van der Waals surface area contributed by atoms with Gasteiger partial charge in [0.25, 0.3) is 0 Å². The van der Waals surface area contributed by atoms with Crippen LogP contribution in [0.4, 0.5) is 0 Å². The van der Waals surface area contributed by atoms with Crippen molar-refractivity contribution in [1.82, 2.24) is 0 Å². The third kappa shape index (κ3) is 5.42. The third-order valence-electron chi connectivity index (χ3n) is 0.360. The summed E-state index contributed by atoms with van der Waals surface area (Å²) in [5.74, 6) is 0. The van der Waals surface area contributed by atoms with Gasteiger partial charge in [-0.25, -0.2) is 0 Å². The summed E-state index contributed by atoms with van der Waals surface area (Å²) in [7, 11) is 11.0. The summed E-state index contributed by atoms with van der Waals surface area (Å²) in [4.78, 5) is 0. The van der Waals surface area contributed by atoms with Gasteiger partial charge >= 0.3 is 75.7 Å². The van der Waals surface area contributed by atoms with Crippen LogP contribution >= 0.6 is 42.3 Å². The van der Waals surface area contributed by atoms with E-state index in [0.29, 0.717) is 0 Å². The van der Waals surface area contributed by atoms with Crippen LogP contribution in [0.1, 0.15) is 0 Å². The van der Waals surface area contributed by atoms with Crippen molar-refractivity contribution in [3.8, 4) is 0 Å². The summed E-state index contributed by atoms with van der Waals surface area (Å²) >= 11 is 4.91. The van der Waals surface area contributed by atoms with Crippen molar-refractivity contribution in [3.63, 3.8) is 0 Å². The predicted molar refractivity (Wildman–Crippen MR) is 47.5 cm³/mol. The Morgan fingerprint density at radius 3 is 1.67 bits per heavy atom. The van der Waals surface area contributed by atoms with E-state index in [1.165, 1.54) is 0 Å². The van der Waals surface area contributed by atoms with Gasteiger partial charge in [0.15, 0.2) is 0 Å². The molecule has 7 heteroatoms. The van der Waals surface area contributed by atoms with Gasteiger partial charge in [0.1, 0.15) is 0 Å². The van der Waals surface area contributed by atoms with Crippen molar-refractivity contribution >= 4 is 69.3 Å². The maximum atomic E-state index is 5.52. The van der Waals surface area contributed by atoms with E-state index < -0.39 is 16.7 Å². The number of nitrogens with zero attached hydrogens (tertiary/aromatic N) is 2. The molecule has 0 amide bonds. The fourth-order valence-corrected chi connectivity index (χ4v) is 5.16. The molecule has 0 rings (SSSR count). The van der Waals surface area contributed by atoms with E-state index in [1.54, 1.807) is 0 Å². The normalized spacial score (nSPS) is 9.11. The van der Waals surface area contributed by atoms with Gasteiger partial charge in [-0.3, -0.25) is 0 Å². The molecule has 0 bridgehead atoms. The second kappa shape index (κ2) is 4.74. The Morgan fingerprint density at radius 2 is 1.44 bits per heavy atom. The molecule has 0 unspecified atom stereocenters. The van der Waals surface area contributed by atoms with Crippen LogP contribution in [-0.2, 0) is 0 Å². The van der Waals surface area contributed by atoms with E-state index in [0.717, 1.165) is 0 Å². The van der Waals surface area contributed by atoms with Gasteiger partial charge in [-0.15, -0.1) is 0 Å². The predicted octanol–water partition coefficient (Wildman–Crippen LogP) is 2.11. The van der Waals surface area contributed by atoms with E-state index in [2.05, 4.69) is 41.2 Å². The summed E-state index contributed by atoms with van der Waals surface area (Å²) in [6, 6.07) is 0. The molecule has 0 saturated heterocycles. The Balaban J connectivity index is 4.36. The topological polar surface area (TPSA) is 24.7 Å². The Kier molecular flexibility index (Phi) is 5.26. The zero-order valence-corrected chi connectivity index (χ0v) is 9.97. The van der Waals surface area contributed by atoms with E-state index in [9.17, 15) is 0 Å². The average molecular weight is 306 g/mol. The number of hydrogen-bond donors (Lipinski definition) is 0. The van der Waals surface area contributed by atoms with Crippen molar-refractivity contribution in [2.75, 3.05) is 0 Å². The van der Waals surface area contributed by atoms with Crippen molar-refractivity contribution in [3.05, 3.63) is 0 Å². The van der Waals surface area contributed by atoms with Crippen LogP contribution < -0.4 is 0 Å². The molecule has 0 N–H and O–H groups in total. The number of isothiocyanates is 2. The Morgan fingerprint density at radius 1 is 1.11 bits per heavy atom. The number of halogens is 2. The Hall–Kier alpha value is 0.979. The number of thiocarbonyl (C=S) groups is 2. The summed E-state index contributed by atoms with van der Waals surface area (Å²) in [5, 5.41) is 4.10. The summed E-state index contributed by atoms with van der Waals surface area (Å²) in [6.07, 6.45) is 0. The quantitative estimate of drug-likeness (QED) is 0.443. The molecule has 0 aliphatic heterocycles. The Bertz CT molecular complexity index is 173. The molecule has 0 spiro atoms. The molecule has 0 aliphatic rings. The molecule has 0 aromatic heterocycles. The van der Waals surface area contributed by atoms with Crippen molar-refractivity contribution in [1.29, 1.82) is 0 Å². The van der Waals surface area contributed by atoms with Crippen LogP contribution in [-0.4, -0.2) is 27.0 Å². The van der Waals surface area contributed by atoms with Gasteiger partial charge in [0.2, 0.25) is 0 Å². The van der Waals surface area contributed by atoms with Crippen LogP contribution in [0.2, 0.25) is 0 Å². The zero-order chi connectivity index (χ0) is 7.33. The summed E-state index contributed by atoms with van der Waals surface area (Å²) in [5.41, 5.74) is 0. The van der Waals surface area contributed by atoms with Gasteiger partial charge in [0, 0.05) is 0 Å². The van der Waals surface area contributed by atoms with Crippen molar-refractivity contribution < 1.29 is 0 Å². The first-order valence-electron chi connectivity index (χ1n) is 1.68. The van der Waals surface area contributed by atoms with Gasteiger partial charge in [-0.2, -0.15) is 0 Å². The summed E-state index contributed by atoms with van der Waals surface area (Å²) < 4.78 is 6.91. The fraction of sp³-hybridized carbons (Fsp3) is 0. The third-order valence-corrected chi connectivity index (χ3v) is 5.91. The molecule has 48 valence electrons. The molecule has 0 aromatic rings. The van der Waals surface area contributed by atoms with Crippen LogP contribution in [0.25, 0.3) is 0 Å². The first-order valence-corrected chi connectivity index (χ1v) is 12.3. The van der Waals surface area contributed by atoms with Gasteiger partial charge in [-0.1, -0.05) is 0 Å². The second-order valence-corrected chi connectivity index (χ2v) is 13.8. The maximum absolute atomic E-state index is 5.52. The van der Waals surface area contributed by atoms with Crippen LogP contribution in [0, 0.1) is 0 Å². The molecule has 2 nitrogen and oxygen atoms in total. The molecule has 0 saturated carbocycles. The zero-order valence-electron chi connectivity index (χ0n) is 3.97. The minimum absolute atomic E-state index is 2.05. The average Bonchev–Trinajstić information content (AvgIpc) is 1.64. The van der Waals surface area contributed by atoms with E-state index in [-0.39, 0.29) is 0 Å². The van der Waals surface area contributed by atoms with E-state index in [1.807, 2.05) is 0 Å². The first kappa shape index (κ1) is 9.98. The molecule has 0 aliphatic carbocycles. The minimum atomic E-state index is -3.61. The van der Waals surface area contributed by atoms with Crippen LogP contribution in [0.5, 0.6) is 0 Å². The van der Waals surface area contributed by atoms with Crippen LogP contribution in [0.3, 0.4) is 0 Å².